The summed E-state index contributed by atoms with van der Waals surface area (Å²) < 4.78 is 87.7. The zero-order chi connectivity index (χ0) is 20.8. The molecule has 2 rings (SSSR count). The lowest BCUT2D eigenvalue weighted by molar-refractivity contribution is -0.0553. The van der Waals surface area contributed by atoms with Crippen molar-refractivity contribution in [1.29, 1.82) is 0 Å². The normalized spacial score (nSPS) is 17.7. The van der Waals surface area contributed by atoms with Crippen molar-refractivity contribution in [3.63, 3.8) is 0 Å². The smallest absolute Gasteiger partial charge is 0.485 e. The number of ether oxygens (including phenoxy) is 2. The van der Waals surface area contributed by atoms with E-state index in [4.69, 9.17) is 9.47 Å². The van der Waals surface area contributed by atoms with Crippen LogP contribution < -0.4 is 10.1 Å². The van der Waals surface area contributed by atoms with Crippen LogP contribution in [0.25, 0.3) is 6.08 Å². The molecule has 0 aliphatic carbocycles. The van der Waals surface area contributed by atoms with Gasteiger partial charge in [0, 0.05) is 18.4 Å². The van der Waals surface area contributed by atoms with Crippen LogP contribution in [0.2, 0.25) is 0 Å². The van der Waals surface area contributed by atoms with Crippen molar-refractivity contribution < 1.29 is 39.6 Å². The van der Waals surface area contributed by atoms with Gasteiger partial charge in [-0.2, -0.15) is 21.6 Å². The van der Waals surface area contributed by atoms with Crippen LogP contribution >= 0.6 is 0 Å². The third-order valence-electron chi connectivity index (χ3n) is 3.71. The lowest BCUT2D eigenvalue weighted by Crippen LogP contribution is -2.33. The van der Waals surface area contributed by atoms with Gasteiger partial charge in [0.05, 0.1) is 6.61 Å². The number of rotatable bonds is 10. The van der Waals surface area contributed by atoms with E-state index in [2.05, 4.69) is 9.50 Å². The summed E-state index contributed by atoms with van der Waals surface area (Å²) >= 11 is 0. The second-order valence-corrected chi connectivity index (χ2v) is 7.56. The van der Waals surface area contributed by atoms with Crippen LogP contribution in [0.5, 0.6) is 5.75 Å². The highest BCUT2D eigenvalue weighted by Gasteiger charge is 2.48. The molecule has 1 aliphatic heterocycles. The van der Waals surface area contributed by atoms with Crippen LogP contribution in [0, 0.1) is 0 Å². The largest absolute Gasteiger partial charge is 0.523 e. The van der Waals surface area contributed by atoms with E-state index >= 15 is 0 Å². The summed E-state index contributed by atoms with van der Waals surface area (Å²) in [6.45, 7) is 1.75. The number of unbranched alkanes of at least 4 members (excludes halogenated alkanes) is 1. The quantitative estimate of drug-likeness (QED) is 0.265. The van der Waals surface area contributed by atoms with Crippen molar-refractivity contribution in [1.82, 2.24) is 0 Å². The second kappa shape index (κ2) is 9.57. The minimum Gasteiger partial charge on any atom is -0.485 e. The summed E-state index contributed by atoms with van der Waals surface area (Å²) in [5.74, 6) is 0.251. The standard InChI is InChI=1S/C17H21F4NO5S/c1-2-3-8-25-11-14(10-18)26-13-6-4-12-5-7-16(22-15(12)9-13)27-28(23,24)17(19,20)21/h4-7,9,14,16,22H,2-3,8,10-11H2,1H3/t14?,16-/m1/s1. The van der Waals surface area contributed by atoms with Crippen molar-refractivity contribution in [2.24, 2.45) is 0 Å². The average molecular weight is 427 g/mol. The van der Waals surface area contributed by atoms with Gasteiger partial charge in [0.2, 0.25) is 0 Å². The number of hydrogen-bond donors (Lipinski definition) is 1. The first kappa shape index (κ1) is 22.4. The first-order valence-electron chi connectivity index (χ1n) is 8.55. The molecular weight excluding hydrogens is 406 g/mol. The van der Waals surface area contributed by atoms with Crippen LogP contribution in [0.3, 0.4) is 0 Å². The highest BCUT2D eigenvalue weighted by molar-refractivity contribution is 7.87. The molecule has 0 spiro atoms. The van der Waals surface area contributed by atoms with E-state index in [0.717, 1.165) is 18.9 Å². The monoisotopic (exact) mass is 427 g/mol. The van der Waals surface area contributed by atoms with Gasteiger partial charge in [-0.15, -0.1) is 0 Å². The predicted molar refractivity (Wildman–Crippen MR) is 95.1 cm³/mol. The van der Waals surface area contributed by atoms with E-state index in [1.807, 2.05) is 6.92 Å². The van der Waals surface area contributed by atoms with Crippen LogP contribution in [0.1, 0.15) is 25.3 Å². The minimum absolute atomic E-state index is 0.0521. The van der Waals surface area contributed by atoms with Crippen molar-refractivity contribution >= 4 is 21.9 Å². The Bertz CT molecular complexity index is 782. The van der Waals surface area contributed by atoms with Crippen molar-refractivity contribution in [2.45, 2.75) is 37.6 Å². The molecule has 1 heterocycles. The third-order valence-corrected chi connectivity index (χ3v) is 4.74. The molecule has 11 heteroatoms. The topological polar surface area (TPSA) is 73.9 Å². The molecule has 0 saturated carbocycles. The van der Waals surface area contributed by atoms with Crippen LogP contribution in [-0.4, -0.2) is 46.1 Å². The summed E-state index contributed by atoms with van der Waals surface area (Å²) in [6, 6.07) is 4.58. The molecule has 1 aromatic rings. The Hall–Kier alpha value is -1.85. The number of fused-ring (bicyclic) bond motifs is 1. The Labute approximate surface area is 160 Å². The fraction of sp³-hybridized carbons (Fsp3) is 0.529. The van der Waals surface area contributed by atoms with Crippen molar-refractivity contribution in [2.75, 3.05) is 25.2 Å². The van der Waals surface area contributed by atoms with E-state index in [1.54, 1.807) is 12.1 Å². The van der Waals surface area contributed by atoms with Crippen molar-refractivity contribution in [3.8, 4) is 5.75 Å². The number of nitrogens with one attached hydrogen (secondary N) is 1. The zero-order valence-electron chi connectivity index (χ0n) is 15.0. The van der Waals surface area contributed by atoms with Crippen molar-refractivity contribution in [3.05, 3.63) is 29.8 Å². The first-order chi connectivity index (χ1) is 13.2. The fourth-order valence-electron chi connectivity index (χ4n) is 2.28. The number of benzene rings is 1. The van der Waals surface area contributed by atoms with E-state index in [1.165, 1.54) is 12.1 Å². The number of hydrogen-bond acceptors (Lipinski definition) is 6. The maximum absolute atomic E-state index is 13.1. The van der Waals surface area contributed by atoms with Gasteiger partial charge in [-0.3, -0.25) is 0 Å². The molecule has 6 nitrogen and oxygen atoms in total. The molecular formula is C17H21F4NO5S. The molecule has 0 fully saturated rings. The van der Waals surface area contributed by atoms with Crippen LogP contribution in [0.4, 0.5) is 23.2 Å². The molecule has 0 radical (unpaired) electrons. The van der Waals surface area contributed by atoms with Gasteiger partial charge in [0.1, 0.15) is 12.4 Å². The maximum atomic E-state index is 13.1. The molecule has 1 aliphatic rings. The molecule has 1 aromatic carbocycles. The summed E-state index contributed by atoms with van der Waals surface area (Å²) in [4.78, 5) is 0. The van der Waals surface area contributed by atoms with Gasteiger partial charge in [-0.1, -0.05) is 19.4 Å². The Morgan fingerprint density at radius 3 is 2.68 bits per heavy atom. The highest BCUT2D eigenvalue weighted by Crippen LogP contribution is 2.31. The molecule has 1 N–H and O–H groups in total. The Kier molecular flexibility index (Phi) is 7.67. The van der Waals surface area contributed by atoms with E-state index in [9.17, 15) is 26.0 Å². The van der Waals surface area contributed by atoms with Gasteiger partial charge in [-0.25, -0.2) is 8.57 Å². The minimum atomic E-state index is -5.76. The molecule has 1 unspecified atom stereocenters. The number of anilines is 1. The van der Waals surface area contributed by atoms with E-state index < -0.39 is 34.6 Å². The Morgan fingerprint density at radius 1 is 1.29 bits per heavy atom. The molecule has 2 atom stereocenters. The van der Waals surface area contributed by atoms with E-state index in [-0.39, 0.29) is 18.0 Å². The summed E-state index contributed by atoms with van der Waals surface area (Å²) in [5, 5.41) is 2.52. The average Bonchev–Trinajstić information content (AvgIpc) is 2.62. The van der Waals surface area contributed by atoms with Gasteiger partial charge in [0.15, 0.2) is 12.3 Å². The third kappa shape index (κ3) is 6.08. The molecule has 0 bridgehead atoms. The fourth-order valence-corrected chi connectivity index (χ4v) is 2.78. The molecule has 158 valence electrons. The Morgan fingerprint density at radius 2 is 2.04 bits per heavy atom. The van der Waals surface area contributed by atoms with Crippen LogP contribution in [-0.2, 0) is 19.0 Å². The number of halogens is 4. The Balaban J connectivity index is 2.02. The van der Waals surface area contributed by atoms with Gasteiger partial charge in [0.25, 0.3) is 0 Å². The molecule has 0 amide bonds. The highest BCUT2D eigenvalue weighted by atomic mass is 32.2. The second-order valence-electron chi connectivity index (χ2n) is 5.99. The number of alkyl halides is 4. The zero-order valence-corrected chi connectivity index (χ0v) is 15.9. The summed E-state index contributed by atoms with van der Waals surface area (Å²) in [6.07, 6.45) is 1.95. The molecule has 0 saturated heterocycles. The molecule has 28 heavy (non-hydrogen) atoms. The van der Waals surface area contributed by atoms with Gasteiger partial charge >= 0.3 is 15.6 Å². The van der Waals surface area contributed by atoms with Crippen LogP contribution in [0.15, 0.2) is 24.3 Å². The summed E-state index contributed by atoms with van der Waals surface area (Å²) in [5.41, 5.74) is -4.67. The SMILES string of the molecule is CCCCOCC(CF)Oc1ccc2c(c1)N[C@H](OS(=O)(=O)C(F)(F)F)C=C2. The lowest BCUT2D eigenvalue weighted by atomic mass is 10.1. The first-order valence-corrected chi connectivity index (χ1v) is 9.96. The lowest BCUT2D eigenvalue weighted by Gasteiger charge is -2.24. The molecule has 0 aromatic heterocycles. The summed E-state index contributed by atoms with van der Waals surface area (Å²) in [7, 11) is -5.76. The predicted octanol–water partition coefficient (Wildman–Crippen LogP) is 3.85. The van der Waals surface area contributed by atoms with E-state index in [0.29, 0.717) is 12.2 Å². The maximum Gasteiger partial charge on any atom is 0.523 e. The van der Waals surface area contributed by atoms with Gasteiger partial charge < -0.3 is 14.8 Å². The van der Waals surface area contributed by atoms with Gasteiger partial charge in [-0.05, 0) is 30.2 Å².